The van der Waals surface area contributed by atoms with Crippen molar-refractivity contribution >= 4 is 29.2 Å². The van der Waals surface area contributed by atoms with Crippen LogP contribution < -0.4 is 10.6 Å². The molecule has 26 heavy (non-hydrogen) atoms. The number of hydrogen-bond donors (Lipinski definition) is 3. The summed E-state index contributed by atoms with van der Waals surface area (Å²) in [6.07, 6.45) is 6.98. The first-order chi connectivity index (χ1) is 12.3. The molecule has 1 aromatic carbocycles. The van der Waals surface area contributed by atoms with Crippen molar-refractivity contribution in [1.29, 1.82) is 0 Å². The molecule has 6 nitrogen and oxygen atoms in total. The maximum Gasteiger partial charge on any atom is 0.271 e. The molecule has 1 unspecified atom stereocenters. The number of halogens is 1. The Labute approximate surface area is 158 Å². The zero-order chi connectivity index (χ0) is 17.1. The molecule has 1 saturated heterocycles. The van der Waals surface area contributed by atoms with Gasteiger partial charge in [0.2, 0.25) is 0 Å². The van der Waals surface area contributed by atoms with Crippen molar-refractivity contribution in [1.82, 2.24) is 25.4 Å². The minimum absolute atomic E-state index is 0. The van der Waals surface area contributed by atoms with Gasteiger partial charge in [-0.25, -0.2) is 0 Å². The Morgan fingerprint density at radius 1 is 1.31 bits per heavy atom. The number of nitrogens with one attached hydrogen (secondary N) is 3. The monoisotopic (exact) mass is 373 g/mol. The SMILES string of the molecule is Cl.O=C(NCCc1c[nH]c2ccccc12)c1ccn(C2CCCNC2)n1. The van der Waals surface area contributed by atoms with Crippen LogP contribution in [0.15, 0.2) is 42.7 Å². The number of amides is 1. The molecule has 7 heteroatoms. The molecule has 1 aliphatic rings. The van der Waals surface area contributed by atoms with Gasteiger partial charge in [0.15, 0.2) is 0 Å². The van der Waals surface area contributed by atoms with Crippen LogP contribution in [-0.2, 0) is 6.42 Å². The van der Waals surface area contributed by atoms with E-state index in [1.165, 1.54) is 10.9 Å². The second-order valence-corrected chi connectivity index (χ2v) is 6.55. The normalized spacial score (nSPS) is 17.0. The smallest absolute Gasteiger partial charge is 0.271 e. The van der Waals surface area contributed by atoms with Crippen LogP contribution in [0.4, 0.5) is 0 Å². The first kappa shape index (κ1) is 18.5. The highest BCUT2D eigenvalue weighted by molar-refractivity contribution is 5.92. The molecule has 0 saturated carbocycles. The van der Waals surface area contributed by atoms with Crippen LogP contribution in [0.3, 0.4) is 0 Å². The molecule has 1 atom stereocenters. The van der Waals surface area contributed by atoms with Crippen LogP contribution in [0.5, 0.6) is 0 Å². The molecular weight excluding hydrogens is 350 g/mol. The first-order valence-corrected chi connectivity index (χ1v) is 8.90. The highest BCUT2D eigenvalue weighted by Crippen LogP contribution is 2.18. The predicted octanol–water partition coefficient (Wildman–Crippen LogP) is 2.68. The summed E-state index contributed by atoms with van der Waals surface area (Å²) in [6.45, 7) is 2.58. The summed E-state index contributed by atoms with van der Waals surface area (Å²) in [5.74, 6) is -0.109. The van der Waals surface area contributed by atoms with Gasteiger partial charge in [0.25, 0.3) is 5.91 Å². The third-order valence-electron chi connectivity index (χ3n) is 4.84. The standard InChI is InChI=1S/C19H23N5O.ClH/c25-19(18-8-11-24(23-18)15-4-3-9-20-13-15)21-10-7-14-12-22-17-6-2-1-5-16(14)17;/h1-2,5-6,8,11-12,15,20,22H,3-4,7,9-10,13H2,(H,21,25);1H. The molecule has 138 valence electrons. The number of aromatic amines is 1. The summed E-state index contributed by atoms with van der Waals surface area (Å²) in [7, 11) is 0. The molecule has 4 rings (SSSR count). The third-order valence-corrected chi connectivity index (χ3v) is 4.84. The second-order valence-electron chi connectivity index (χ2n) is 6.55. The van der Waals surface area contributed by atoms with E-state index < -0.39 is 0 Å². The van der Waals surface area contributed by atoms with Gasteiger partial charge in [0.05, 0.1) is 6.04 Å². The molecule has 2 aromatic heterocycles. The van der Waals surface area contributed by atoms with Crippen LogP contribution in [-0.4, -0.2) is 40.3 Å². The van der Waals surface area contributed by atoms with Gasteiger partial charge in [-0.1, -0.05) is 18.2 Å². The summed E-state index contributed by atoms with van der Waals surface area (Å²) in [4.78, 5) is 15.6. The average molecular weight is 374 g/mol. The zero-order valence-corrected chi connectivity index (χ0v) is 15.4. The molecule has 0 spiro atoms. The van der Waals surface area contributed by atoms with E-state index >= 15 is 0 Å². The van der Waals surface area contributed by atoms with Gasteiger partial charge >= 0.3 is 0 Å². The largest absolute Gasteiger partial charge is 0.361 e. The Hall–Kier alpha value is -2.31. The molecule has 1 amide bonds. The van der Waals surface area contributed by atoms with Crippen molar-refractivity contribution in [3.05, 3.63) is 54.0 Å². The van der Waals surface area contributed by atoms with Crippen LogP contribution in [0.2, 0.25) is 0 Å². The second kappa shape index (κ2) is 8.38. The van der Waals surface area contributed by atoms with E-state index in [2.05, 4.69) is 32.8 Å². The van der Waals surface area contributed by atoms with Crippen LogP contribution >= 0.6 is 12.4 Å². The predicted molar refractivity (Wildman–Crippen MR) is 105 cm³/mol. The van der Waals surface area contributed by atoms with Crippen molar-refractivity contribution in [2.24, 2.45) is 0 Å². The number of carbonyl (C=O) groups excluding carboxylic acids is 1. The Balaban J connectivity index is 0.00000196. The van der Waals surface area contributed by atoms with Crippen LogP contribution in [0.25, 0.3) is 10.9 Å². The molecule has 3 heterocycles. The van der Waals surface area contributed by atoms with Gasteiger partial charge in [-0.3, -0.25) is 9.48 Å². The maximum atomic E-state index is 12.3. The molecule has 0 aliphatic carbocycles. The fraction of sp³-hybridized carbons (Fsp3) is 0.368. The molecular formula is C19H24ClN5O. The summed E-state index contributed by atoms with van der Waals surface area (Å²) in [5.41, 5.74) is 2.84. The molecule has 0 bridgehead atoms. The highest BCUT2D eigenvalue weighted by atomic mass is 35.5. The fourth-order valence-electron chi connectivity index (χ4n) is 3.46. The van der Waals surface area contributed by atoms with E-state index in [0.717, 1.165) is 37.9 Å². The number of benzene rings is 1. The minimum Gasteiger partial charge on any atom is -0.361 e. The van der Waals surface area contributed by atoms with E-state index in [1.54, 1.807) is 6.07 Å². The lowest BCUT2D eigenvalue weighted by Gasteiger charge is -2.22. The molecule has 3 aromatic rings. The first-order valence-electron chi connectivity index (χ1n) is 8.90. The van der Waals surface area contributed by atoms with Crippen molar-refractivity contribution in [2.75, 3.05) is 19.6 Å². The fourth-order valence-corrected chi connectivity index (χ4v) is 3.46. The van der Waals surface area contributed by atoms with E-state index in [4.69, 9.17) is 0 Å². The van der Waals surface area contributed by atoms with Crippen LogP contribution in [0, 0.1) is 0 Å². The van der Waals surface area contributed by atoms with Gasteiger partial charge < -0.3 is 15.6 Å². The third kappa shape index (κ3) is 3.92. The number of fused-ring (bicyclic) bond motifs is 1. The average Bonchev–Trinajstić information content (AvgIpc) is 3.30. The quantitative estimate of drug-likeness (QED) is 0.643. The van der Waals surface area contributed by atoms with Gasteiger partial charge in [-0.05, 0) is 43.5 Å². The van der Waals surface area contributed by atoms with Crippen molar-refractivity contribution in [2.45, 2.75) is 25.3 Å². The van der Waals surface area contributed by atoms with Crippen molar-refractivity contribution in [3.8, 4) is 0 Å². The van der Waals surface area contributed by atoms with Gasteiger partial charge in [0.1, 0.15) is 5.69 Å². The zero-order valence-electron chi connectivity index (χ0n) is 14.6. The number of rotatable bonds is 5. The molecule has 0 radical (unpaired) electrons. The van der Waals surface area contributed by atoms with E-state index in [1.807, 2.05) is 29.2 Å². The maximum absolute atomic E-state index is 12.3. The van der Waals surface area contributed by atoms with E-state index in [9.17, 15) is 4.79 Å². The van der Waals surface area contributed by atoms with Crippen LogP contribution in [0.1, 0.15) is 34.9 Å². The van der Waals surface area contributed by atoms with Crippen molar-refractivity contribution < 1.29 is 4.79 Å². The Bertz CT molecular complexity index is 866. The Morgan fingerprint density at radius 3 is 3.04 bits per heavy atom. The van der Waals surface area contributed by atoms with E-state index in [-0.39, 0.29) is 18.3 Å². The minimum atomic E-state index is -0.109. The molecule has 1 fully saturated rings. The summed E-state index contributed by atoms with van der Waals surface area (Å²) < 4.78 is 1.92. The molecule has 3 N–H and O–H groups in total. The lowest BCUT2D eigenvalue weighted by atomic mass is 10.1. The van der Waals surface area contributed by atoms with Gasteiger partial charge in [0, 0.05) is 36.4 Å². The van der Waals surface area contributed by atoms with Gasteiger partial charge in [-0.2, -0.15) is 5.10 Å². The number of aromatic nitrogens is 3. The Morgan fingerprint density at radius 2 is 2.19 bits per heavy atom. The summed E-state index contributed by atoms with van der Waals surface area (Å²) >= 11 is 0. The van der Waals surface area contributed by atoms with Crippen molar-refractivity contribution in [3.63, 3.8) is 0 Å². The highest BCUT2D eigenvalue weighted by Gasteiger charge is 2.17. The summed E-state index contributed by atoms with van der Waals surface area (Å²) in [6, 6.07) is 10.4. The number of nitrogens with zero attached hydrogens (tertiary/aromatic N) is 2. The lowest BCUT2D eigenvalue weighted by molar-refractivity contribution is 0.0948. The number of carbonyl (C=O) groups is 1. The number of H-pyrrole nitrogens is 1. The summed E-state index contributed by atoms with van der Waals surface area (Å²) in [5, 5.41) is 12.0. The van der Waals surface area contributed by atoms with Gasteiger partial charge in [-0.15, -0.1) is 12.4 Å². The topological polar surface area (TPSA) is 74.7 Å². The number of hydrogen-bond acceptors (Lipinski definition) is 3. The number of para-hydroxylation sites is 1. The van der Waals surface area contributed by atoms with E-state index in [0.29, 0.717) is 18.3 Å². The number of piperidine rings is 1. The Kier molecular flexibility index (Phi) is 5.96. The lowest BCUT2D eigenvalue weighted by Crippen LogP contribution is -2.32. The molecule has 1 aliphatic heterocycles.